The molecule has 0 aliphatic rings. The van der Waals surface area contributed by atoms with Crippen molar-refractivity contribution in [3.8, 4) is 0 Å². The van der Waals surface area contributed by atoms with Crippen molar-refractivity contribution in [3.63, 3.8) is 0 Å². The van der Waals surface area contributed by atoms with Crippen LogP contribution >= 0.6 is 0 Å². The summed E-state index contributed by atoms with van der Waals surface area (Å²) < 4.78 is 10.00. The fourth-order valence-electron chi connectivity index (χ4n) is 1.70. The van der Waals surface area contributed by atoms with Crippen LogP contribution in [0.2, 0.25) is 0 Å². The quantitative estimate of drug-likeness (QED) is 0.616. The summed E-state index contributed by atoms with van der Waals surface area (Å²) in [5.41, 5.74) is -1.78. The minimum absolute atomic E-state index is 0.162. The van der Waals surface area contributed by atoms with Gasteiger partial charge in [-0.2, -0.15) is 0 Å². The second-order valence-electron chi connectivity index (χ2n) is 5.74. The van der Waals surface area contributed by atoms with Gasteiger partial charge in [0.1, 0.15) is 11.1 Å². The molecule has 1 amide bonds. The number of rotatable bonds is 5. The third kappa shape index (κ3) is 4.93. The number of methoxy groups -OCH3 is 1. The van der Waals surface area contributed by atoms with Gasteiger partial charge in [0.15, 0.2) is 0 Å². The van der Waals surface area contributed by atoms with E-state index in [0.29, 0.717) is 0 Å². The number of ether oxygens (including phenoxy) is 2. The van der Waals surface area contributed by atoms with Crippen LogP contribution in [-0.2, 0) is 14.3 Å². The summed E-state index contributed by atoms with van der Waals surface area (Å²) in [6.45, 7) is 12.6. The van der Waals surface area contributed by atoms with Crippen molar-refractivity contribution in [1.82, 2.24) is 5.32 Å². The minimum Gasteiger partial charge on any atom is -0.467 e. The highest BCUT2D eigenvalue weighted by molar-refractivity contribution is 5.86. The van der Waals surface area contributed by atoms with Crippen LogP contribution in [0.1, 0.15) is 41.0 Å². The number of esters is 1. The van der Waals surface area contributed by atoms with E-state index in [-0.39, 0.29) is 12.3 Å². The van der Waals surface area contributed by atoms with Gasteiger partial charge in [0.2, 0.25) is 0 Å². The number of carbonyl (C=O) groups excluding carboxylic acids is 2. The van der Waals surface area contributed by atoms with Crippen LogP contribution in [0.5, 0.6) is 0 Å². The summed E-state index contributed by atoms with van der Waals surface area (Å²) in [5, 5.41) is 2.63. The molecule has 19 heavy (non-hydrogen) atoms. The van der Waals surface area contributed by atoms with Crippen LogP contribution in [0.15, 0.2) is 12.7 Å². The van der Waals surface area contributed by atoms with E-state index >= 15 is 0 Å². The van der Waals surface area contributed by atoms with E-state index in [1.807, 2.05) is 13.8 Å². The third-order valence-corrected chi connectivity index (χ3v) is 2.73. The van der Waals surface area contributed by atoms with E-state index in [4.69, 9.17) is 9.47 Å². The molecule has 0 aliphatic heterocycles. The highest BCUT2D eigenvalue weighted by Crippen LogP contribution is 2.24. The Morgan fingerprint density at radius 2 is 1.84 bits per heavy atom. The molecule has 0 bridgehead atoms. The Bertz CT molecular complexity index is 344. The largest absolute Gasteiger partial charge is 0.467 e. The molecule has 0 rings (SSSR count). The molecular weight excluding hydrogens is 246 g/mol. The van der Waals surface area contributed by atoms with Gasteiger partial charge in [-0.3, -0.25) is 0 Å². The Hall–Kier alpha value is -1.52. The topological polar surface area (TPSA) is 64.6 Å². The molecule has 0 heterocycles. The molecule has 0 aromatic heterocycles. The Labute approximate surface area is 115 Å². The highest BCUT2D eigenvalue weighted by Gasteiger charge is 2.44. The Morgan fingerprint density at radius 3 is 2.16 bits per heavy atom. The van der Waals surface area contributed by atoms with Crippen LogP contribution in [0.3, 0.4) is 0 Å². The molecule has 5 heteroatoms. The maximum absolute atomic E-state index is 12.0. The molecular formula is C14H25NO4. The van der Waals surface area contributed by atoms with Crippen LogP contribution < -0.4 is 5.32 Å². The summed E-state index contributed by atoms with van der Waals surface area (Å²) in [5.74, 6) is -0.668. The molecule has 5 nitrogen and oxygen atoms in total. The Kier molecular flexibility index (Phi) is 6.06. The molecule has 0 aromatic carbocycles. The number of nitrogens with one attached hydrogen (secondary N) is 1. The molecule has 0 radical (unpaired) electrons. The molecule has 0 spiro atoms. The number of alkyl carbamates (subject to hydrolysis) is 1. The van der Waals surface area contributed by atoms with Gasteiger partial charge in [-0.1, -0.05) is 19.9 Å². The van der Waals surface area contributed by atoms with Crippen LogP contribution in [-0.4, -0.2) is 30.3 Å². The lowest BCUT2D eigenvalue weighted by Crippen LogP contribution is -2.59. The van der Waals surface area contributed by atoms with Crippen LogP contribution in [0.25, 0.3) is 0 Å². The lowest BCUT2D eigenvalue weighted by atomic mass is 9.83. The molecule has 1 N–H and O–H groups in total. The normalized spacial score (nSPS) is 14.5. The van der Waals surface area contributed by atoms with Crippen molar-refractivity contribution in [2.45, 2.75) is 52.2 Å². The predicted octanol–water partition coefficient (Wildman–Crippen LogP) is 2.66. The van der Waals surface area contributed by atoms with Gasteiger partial charge in [-0.15, -0.1) is 6.58 Å². The monoisotopic (exact) mass is 271 g/mol. The van der Waals surface area contributed by atoms with Crippen molar-refractivity contribution in [3.05, 3.63) is 12.7 Å². The van der Waals surface area contributed by atoms with Gasteiger partial charge < -0.3 is 14.8 Å². The molecule has 0 saturated heterocycles. The van der Waals surface area contributed by atoms with Gasteiger partial charge in [-0.05, 0) is 33.1 Å². The van der Waals surface area contributed by atoms with Gasteiger partial charge in [0, 0.05) is 0 Å². The molecule has 0 saturated carbocycles. The standard InChI is InChI=1S/C14H25NO4/c1-8-9-14(10(2)3,11(16)18-7)15-12(17)19-13(4,5)6/h8,10H,1,9H2,2-7H3,(H,15,17)/t14-/m0/s1. The van der Waals surface area contributed by atoms with E-state index in [9.17, 15) is 9.59 Å². The van der Waals surface area contributed by atoms with Crippen molar-refractivity contribution in [2.75, 3.05) is 7.11 Å². The average molecular weight is 271 g/mol. The van der Waals surface area contributed by atoms with Crippen molar-refractivity contribution >= 4 is 12.1 Å². The first-order chi connectivity index (χ1) is 8.59. The maximum atomic E-state index is 12.0. The molecule has 0 aromatic rings. The second-order valence-corrected chi connectivity index (χ2v) is 5.74. The van der Waals surface area contributed by atoms with Crippen molar-refractivity contribution < 1.29 is 19.1 Å². The van der Waals surface area contributed by atoms with Crippen LogP contribution in [0, 0.1) is 5.92 Å². The summed E-state index contributed by atoms with van der Waals surface area (Å²) in [7, 11) is 1.29. The van der Waals surface area contributed by atoms with E-state index in [2.05, 4.69) is 11.9 Å². The van der Waals surface area contributed by atoms with Crippen molar-refractivity contribution in [1.29, 1.82) is 0 Å². The fourth-order valence-corrected chi connectivity index (χ4v) is 1.70. The fraction of sp³-hybridized carbons (Fsp3) is 0.714. The highest BCUT2D eigenvalue weighted by atomic mass is 16.6. The van der Waals surface area contributed by atoms with E-state index in [0.717, 1.165) is 0 Å². The first-order valence-corrected chi connectivity index (χ1v) is 6.29. The van der Waals surface area contributed by atoms with Gasteiger partial charge in [-0.25, -0.2) is 9.59 Å². The van der Waals surface area contributed by atoms with Gasteiger partial charge >= 0.3 is 12.1 Å². The number of hydrogen-bond acceptors (Lipinski definition) is 4. The number of amides is 1. The Balaban J connectivity index is 5.20. The molecule has 0 unspecified atom stereocenters. The van der Waals surface area contributed by atoms with E-state index < -0.39 is 23.2 Å². The molecule has 1 atom stereocenters. The second kappa shape index (κ2) is 6.59. The summed E-state index contributed by atoms with van der Waals surface area (Å²) >= 11 is 0. The Morgan fingerprint density at radius 1 is 1.32 bits per heavy atom. The number of carbonyl (C=O) groups is 2. The van der Waals surface area contributed by atoms with Gasteiger partial charge in [0.05, 0.1) is 7.11 Å². The smallest absolute Gasteiger partial charge is 0.408 e. The molecule has 110 valence electrons. The first-order valence-electron chi connectivity index (χ1n) is 6.29. The molecule has 0 aliphatic carbocycles. The maximum Gasteiger partial charge on any atom is 0.408 e. The summed E-state index contributed by atoms with van der Waals surface area (Å²) in [6, 6.07) is 0. The summed E-state index contributed by atoms with van der Waals surface area (Å²) in [6.07, 6.45) is 1.21. The minimum atomic E-state index is -1.15. The van der Waals surface area contributed by atoms with Crippen LogP contribution in [0.4, 0.5) is 4.79 Å². The van der Waals surface area contributed by atoms with Crippen molar-refractivity contribution in [2.24, 2.45) is 5.92 Å². The van der Waals surface area contributed by atoms with Gasteiger partial charge in [0.25, 0.3) is 0 Å². The molecule has 0 fully saturated rings. The predicted molar refractivity (Wildman–Crippen MR) is 73.8 cm³/mol. The summed E-state index contributed by atoms with van der Waals surface area (Å²) in [4.78, 5) is 23.9. The zero-order valence-corrected chi connectivity index (χ0v) is 12.7. The van der Waals surface area contributed by atoms with E-state index in [1.54, 1.807) is 26.8 Å². The zero-order valence-electron chi connectivity index (χ0n) is 12.7. The SMILES string of the molecule is C=CC[C@@](NC(=O)OC(C)(C)C)(C(=O)OC)C(C)C. The first kappa shape index (κ1) is 17.5. The average Bonchev–Trinajstić information content (AvgIpc) is 2.24. The van der Waals surface area contributed by atoms with E-state index in [1.165, 1.54) is 7.11 Å². The number of hydrogen-bond donors (Lipinski definition) is 1. The lowest BCUT2D eigenvalue weighted by Gasteiger charge is -2.35. The lowest BCUT2D eigenvalue weighted by molar-refractivity contribution is -0.150. The zero-order chi connectivity index (χ0) is 15.3. The third-order valence-electron chi connectivity index (χ3n) is 2.73.